The highest BCUT2D eigenvalue weighted by Crippen LogP contribution is 2.28. The van der Waals surface area contributed by atoms with Gasteiger partial charge in [0, 0.05) is 43.5 Å². The van der Waals surface area contributed by atoms with Crippen molar-refractivity contribution in [1.29, 1.82) is 10.5 Å². The zero-order chi connectivity index (χ0) is 30.3. The van der Waals surface area contributed by atoms with Gasteiger partial charge in [-0.05, 0) is 23.3 Å². The van der Waals surface area contributed by atoms with Crippen LogP contribution in [0.25, 0.3) is 0 Å². The van der Waals surface area contributed by atoms with Crippen LogP contribution in [0.3, 0.4) is 0 Å². The van der Waals surface area contributed by atoms with E-state index in [0.29, 0.717) is 22.6 Å². The predicted octanol–water partition coefficient (Wildman–Crippen LogP) is 8.05. The summed E-state index contributed by atoms with van der Waals surface area (Å²) >= 11 is 19.8. The van der Waals surface area contributed by atoms with Crippen LogP contribution in [0.4, 0.5) is 0 Å². The molecule has 0 N–H and O–H groups in total. The van der Waals surface area contributed by atoms with E-state index in [1.807, 2.05) is 10.8 Å². The topological polar surface area (TPSA) is 158 Å². The lowest BCUT2D eigenvalue weighted by Gasteiger charge is -2.17. The van der Waals surface area contributed by atoms with Crippen molar-refractivity contribution in [2.75, 3.05) is 12.5 Å². The van der Waals surface area contributed by atoms with Crippen LogP contribution < -0.4 is 0 Å². The summed E-state index contributed by atoms with van der Waals surface area (Å²) in [6.07, 6.45) is 9.62. The molecule has 0 saturated carbocycles. The van der Waals surface area contributed by atoms with Crippen LogP contribution in [0.1, 0.15) is 36.6 Å². The van der Waals surface area contributed by atoms with Crippen LogP contribution in [0.5, 0.6) is 0 Å². The van der Waals surface area contributed by atoms with Gasteiger partial charge in [-0.25, -0.2) is 28.4 Å². The molecule has 18 heteroatoms. The first-order valence-corrected chi connectivity index (χ1v) is 18.4. The number of hydrogen-bond donors (Lipinski definition) is 0. The molecule has 0 saturated heterocycles. The second-order valence-corrected chi connectivity index (χ2v) is 15.4. The number of halogens is 4. The van der Waals surface area contributed by atoms with Gasteiger partial charge in [0.1, 0.15) is 10.3 Å². The lowest BCUT2D eigenvalue weighted by Crippen LogP contribution is -2.14. The molecule has 0 aliphatic carbocycles. The summed E-state index contributed by atoms with van der Waals surface area (Å²) in [5.41, 5.74) is 6.75. The summed E-state index contributed by atoms with van der Waals surface area (Å²) in [4.78, 5) is 16.0. The Kier molecular flexibility index (Phi) is 19.4. The van der Waals surface area contributed by atoms with Crippen molar-refractivity contribution in [1.82, 2.24) is 19.9 Å². The number of nitriles is 2. The van der Waals surface area contributed by atoms with Crippen LogP contribution in [0, 0.1) is 22.9 Å². The number of nitrogens with zero attached hydrogens (tertiary/aromatic N) is 8. The molecule has 0 aromatic carbocycles. The first kappa shape index (κ1) is 40.6. The second kappa shape index (κ2) is 20.5. The minimum atomic E-state index is -2.72. The maximum Gasteiger partial charge on any atom is 0.214 e. The van der Waals surface area contributed by atoms with Crippen molar-refractivity contribution >= 4 is 89.3 Å². The molecule has 0 bridgehead atoms. The molecule has 0 radical (unpaired) electrons. The van der Waals surface area contributed by atoms with Crippen molar-refractivity contribution in [3.63, 3.8) is 0 Å². The smallest absolute Gasteiger partial charge is 0.214 e. The SMILES string of the molecule is C.CS(=O)(=NC#N)C(Cc1cscn1)c1ccc(Cl)nc1.CS(=O)(Cc1ccc(Cl)nc1)=NC#N.Cl.ClCc1cscn1.[2HH]. The Morgan fingerprint density at radius 2 is 1.47 bits per heavy atom. The van der Waals surface area contributed by atoms with E-state index in [0.717, 1.165) is 22.5 Å². The Labute approximate surface area is 283 Å². The molecule has 3 atom stereocenters. The van der Waals surface area contributed by atoms with Gasteiger partial charge in [-0.2, -0.15) is 10.5 Å². The standard InChI is InChI=1S/C12H11ClN4OS2.C8H8ClN3OS.C4H4ClNS.CH4.ClH.H2/c1-20(18,17-7-14)11(4-10-6-19-8-16-10)9-2-3-12(13)15-5-9;1-14(13,12-6-10)5-7-2-3-8(9)11-4-7;5-1-4-2-7-3-6-4;;;/h2-3,5-6,8,11H,4H2,1H3;2-4H,5H2,1H3;2-3H,1H2;1H4;2*1H/i;;;;;1+1. The normalized spacial score (nSPS) is 13.1. The molecule has 0 aliphatic rings. The Morgan fingerprint density at radius 1 is 0.907 bits per heavy atom. The Balaban J connectivity index is 0. The van der Waals surface area contributed by atoms with Gasteiger partial charge in [0.2, 0.25) is 12.4 Å². The molecule has 10 nitrogen and oxygen atoms in total. The van der Waals surface area contributed by atoms with E-state index in [1.54, 1.807) is 65.2 Å². The van der Waals surface area contributed by atoms with E-state index in [2.05, 4.69) is 28.7 Å². The quantitative estimate of drug-likeness (QED) is 0.104. The van der Waals surface area contributed by atoms with Crippen molar-refractivity contribution in [3.05, 3.63) is 91.3 Å². The van der Waals surface area contributed by atoms with Gasteiger partial charge in [0.15, 0.2) is 0 Å². The second-order valence-electron chi connectivity index (χ2n) is 8.04. The highest BCUT2D eigenvalue weighted by Gasteiger charge is 2.23. The summed E-state index contributed by atoms with van der Waals surface area (Å²) in [5.74, 6) is 0.744. The maximum absolute atomic E-state index is 12.6. The summed E-state index contributed by atoms with van der Waals surface area (Å²) in [6, 6.07) is 6.71. The minimum Gasteiger partial charge on any atom is -0.250 e. The molecule has 4 aromatic heterocycles. The maximum atomic E-state index is 12.6. The largest absolute Gasteiger partial charge is 0.250 e. The third-order valence-electron chi connectivity index (χ3n) is 4.83. The average Bonchev–Trinajstić information content (AvgIpc) is 3.64. The van der Waals surface area contributed by atoms with Crippen molar-refractivity contribution < 1.29 is 9.84 Å². The summed E-state index contributed by atoms with van der Waals surface area (Å²) in [6.45, 7) is 0. The van der Waals surface area contributed by atoms with Gasteiger partial charge in [0.05, 0.1) is 58.7 Å². The van der Waals surface area contributed by atoms with Crippen LogP contribution in [0.2, 0.25) is 10.3 Å². The zero-order valence-corrected chi connectivity index (χ0v) is 28.4. The van der Waals surface area contributed by atoms with Crippen molar-refractivity contribution in [3.8, 4) is 12.4 Å². The first-order valence-electron chi connectivity index (χ1n) is 11.2. The highest BCUT2D eigenvalue weighted by atomic mass is 35.5. The fourth-order valence-electron chi connectivity index (χ4n) is 3.00. The Morgan fingerprint density at radius 3 is 1.88 bits per heavy atom. The number of thiazole rings is 2. The summed E-state index contributed by atoms with van der Waals surface area (Å²) in [5, 5.41) is 21.1. The lowest BCUT2D eigenvalue weighted by molar-refractivity contribution is 0.666. The van der Waals surface area contributed by atoms with Crippen LogP contribution in [-0.2, 0) is 37.5 Å². The Bertz CT molecular complexity index is 1700. The van der Waals surface area contributed by atoms with Crippen LogP contribution in [0.15, 0.2) is 67.2 Å². The number of alkyl halides is 1. The van der Waals surface area contributed by atoms with Gasteiger partial charge >= 0.3 is 0 Å². The van der Waals surface area contributed by atoms with Crippen LogP contribution in [-0.4, -0.2) is 40.9 Å². The highest BCUT2D eigenvalue weighted by molar-refractivity contribution is 7.93. The molecule has 4 aromatic rings. The first-order chi connectivity index (χ1) is 19.5. The molecule has 0 amide bonds. The van der Waals surface area contributed by atoms with E-state index in [9.17, 15) is 8.42 Å². The number of rotatable bonds is 7. The summed E-state index contributed by atoms with van der Waals surface area (Å²) in [7, 11) is -5.19. The molecule has 0 spiro atoms. The Hall–Kier alpha value is -2.40. The van der Waals surface area contributed by atoms with Crippen molar-refractivity contribution in [2.24, 2.45) is 8.73 Å². The molecule has 4 rings (SSSR count). The van der Waals surface area contributed by atoms with Crippen molar-refractivity contribution in [2.45, 2.75) is 30.7 Å². The fraction of sp³-hybridized carbons (Fsp3) is 0.280. The molecular formula is C25H30Cl4N8O2S4. The molecule has 4 heterocycles. The van der Waals surface area contributed by atoms with Gasteiger partial charge in [-0.3, -0.25) is 0 Å². The van der Waals surface area contributed by atoms with E-state index in [1.165, 1.54) is 30.0 Å². The van der Waals surface area contributed by atoms with Gasteiger partial charge in [-0.1, -0.05) is 42.8 Å². The summed E-state index contributed by atoms with van der Waals surface area (Å²) < 4.78 is 31.1. The lowest BCUT2D eigenvalue weighted by atomic mass is 10.1. The molecule has 234 valence electrons. The monoisotopic (exact) mass is 743 g/mol. The number of hydrogen-bond acceptors (Lipinski definition) is 12. The fourth-order valence-corrected chi connectivity index (χ4v) is 7.03. The molecule has 0 aliphatic heterocycles. The van der Waals surface area contributed by atoms with E-state index in [4.69, 9.17) is 45.3 Å². The molecule has 43 heavy (non-hydrogen) atoms. The number of pyridine rings is 2. The molecule has 0 fully saturated rings. The van der Waals surface area contributed by atoms with E-state index in [-0.39, 0.29) is 27.0 Å². The van der Waals surface area contributed by atoms with Gasteiger partial charge < -0.3 is 0 Å². The third-order valence-corrected chi connectivity index (χ3v) is 10.1. The zero-order valence-electron chi connectivity index (χ0n) is 22.0. The van der Waals surface area contributed by atoms with Gasteiger partial charge in [-0.15, -0.1) is 55.4 Å². The van der Waals surface area contributed by atoms with E-state index >= 15 is 0 Å². The molecular weight excluding hydrogens is 714 g/mol. The minimum absolute atomic E-state index is 0. The average molecular weight is 746 g/mol. The van der Waals surface area contributed by atoms with E-state index < -0.39 is 24.7 Å². The number of aromatic nitrogens is 4. The predicted molar refractivity (Wildman–Crippen MR) is 183 cm³/mol. The molecule has 3 unspecified atom stereocenters. The van der Waals surface area contributed by atoms with Gasteiger partial charge in [0.25, 0.3) is 0 Å². The third kappa shape index (κ3) is 15.2. The van der Waals surface area contributed by atoms with Crippen LogP contribution >= 0.6 is 69.9 Å².